The molecule has 1 N–H and O–H groups in total. The van der Waals surface area contributed by atoms with Crippen molar-refractivity contribution in [3.8, 4) is 0 Å². The number of carboxylic acid groups (broad SMARTS) is 1. The van der Waals surface area contributed by atoms with E-state index in [1.54, 1.807) is 12.3 Å². The highest BCUT2D eigenvalue weighted by Crippen LogP contribution is 2.24. The van der Waals surface area contributed by atoms with Gasteiger partial charge in [-0.2, -0.15) is 0 Å². The van der Waals surface area contributed by atoms with E-state index in [4.69, 9.17) is 5.11 Å². The first-order valence-corrected chi connectivity index (χ1v) is 6.27. The van der Waals surface area contributed by atoms with E-state index in [9.17, 15) is 4.79 Å². The number of hydrogen-bond donors (Lipinski definition) is 1. The van der Waals surface area contributed by atoms with Crippen LogP contribution in [0.4, 0.5) is 5.13 Å². The van der Waals surface area contributed by atoms with Crippen LogP contribution in [-0.4, -0.2) is 54.2 Å². The third-order valence-electron chi connectivity index (χ3n) is 2.68. The average molecular weight is 253 g/mol. The summed E-state index contributed by atoms with van der Waals surface area (Å²) in [4.78, 5) is 20.1. The maximum absolute atomic E-state index is 10.4. The molecule has 0 saturated carbocycles. The number of thiazole rings is 1. The maximum Gasteiger partial charge on any atom is 0.328 e. The Hall–Kier alpha value is -1.40. The normalized spacial score (nSPS) is 17.8. The Morgan fingerprint density at radius 1 is 1.47 bits per heavy atom. The molecule has 1 aliphatic heterocycles. The van der Waals surface area contributed by atoms with Gasteiger partial charge in [0, 0.05) is 43.3 Å². The number of aromatic nitrogens is 1. The minimum atomic E-state index is -0.931. The van der Waals surface area contributed by atoms with Crippen LogP contribution in [0.15, 0.2) is 12.3 Å². The number of piperazine rings is 1. The monoisotopic (exact) mass is 253 g/mol. The molecule has 1 fully saturated rings. The second kappa shape index (κ2) is 5.29. The molecule has 2 rings (SSSR count). The van der Waals surface area contributed by atoms with Crippen molar-refractivity contribution in [2.75, 3.05) is 38.1 Å². The molecular weight excluding hydrogens is 238 g/mol. The molecule has 1 aromatic heterocycles. The standard InChI is InChI=1S/C11H15N3O2S/c1-13-4-6-14(7-5-13)11-12-8-9(17-11)2-3-10(15)16/h2-3,8H,4-7H2,1H3,(H,15,16)/b3-2+. The molecule has 1 aromatic rings. The largest absolute Gasteiger partial charge is 0.478 e. The summed E-state index contributed by atoms with van der Waals surface area (Å²) in [6.07, 6.45) is 4.44. The summed E-state index contributed by atoms with van der Waals surface area (Å²) in [6, 6.07) is 0. The second-order valence-electron chi connectivity index (χ2n) is 4.01. The van der Waals surface area contributed by atoms with E-state index in [1.807, 2.05) is 0 Å². The Morgan fingerprint density at radius 3 is 2.82 bits per heavy atom. The fourth-order valence-electron chi connectivity index (χ4n) is 1.65. The smallest absolute Gasteiger partial charge is 0.328 e. The van der Waals surface area contributed by atoms with Crippen LogP contribution < -0.4 is 4.90 Å². The quantitative estimate of drug-likeness (QED) is 0.814. The van der Waals surface area contributed by atoms with Gasteiger partial charge in [0.05, 0.1) is 0 Å². The van der Waals surface area contributed by atoms with E-state index in [-0.39, 0.29) is 0 Å². The van der Waals surface area contributed by atoms with Crippen molar-refractivity contribution in [3.63, 3.8) is 0 Å². The summed E-state index contributed by atoms with van der Waals surface area (Å²) in [7, 11) is 2.11. The summed E-state index contributed by atoms with van der Waals surface area (Å²) < 4.78 is 0. The molecular formula is C11H15N3O2S. The zero-order valence-electron chi connectivity index (χ0n) is 9.67. The molecule has 0 aliphatic carbocycles. The lowest BCUT2D eigenvalue weighted by Crippen LogP contribution is -2.44. The molecule has 0 aromatic carbocycles. The van der Waals surface area contributed by atoms with E-state index in [2.05, 4.69) is 21.8 Å². The molecule has 2 heterocycles. The predicted octanol–water partition coefficient (Wildman–Crippen LogP) is 0.993. The van der Waals surface area contributed by atoms with E-state index in [0.29, 0.717) is 0 Å². The van der Waals surface area contributed by atoms with Crippen LogP contribution in [0.25, 0.3) is 6.08 Å². The first kappa shape index (κ1) is 12.1. The van der Waals surface area contributed by atoms with Crippen molar-refractivity contribution < 1.29 is 9.90 Å². The van der Waals surface area contributed by atoms with Crippen molar-refractivity contribution in [2.45, 2.75) is 0 Å². The lowest BCUT2D eigenvalue weighted by Gasteiger charge is -2.32. The molecule has 5 nitrogen and oxygen atoms in total. The van der Waals surface area contributed by atoms with E-state index in [0.717, 1.165) is 42.3 Å². The minimum Gasteiger partial charge on any atom is -0.478 e. The van der Waals surface area contributed by atoms with Crippen LogP contribution in [0.3, 0.4) is 0 Å². The van der Waals surface area contributed by atoms with Gasteiger partial charge in [0.2, 0.25) is 0 Å². The van der Waals surface area contributed by atoms with Crippen LogP contribution in [0.2, 0.25) is 0 Å². The van der Waals surface area contributed by atoms with Crippen LogP contribution >= 0.6 is 11.3 Å². The SMILES string of the molecule is CN1CCN(c2ncc(/C=C/C(=O)O)s2)CC1. The second-order valence-corrected chi connectivity index (χ2v) is 5.05. The Bertz CT molecular complexity index is 422. The number of aliphatic carboxylic acids is 1. The van der Waals surface area contributed by atoms with Gasteiger partial charge < -0.3 is 14.9 Å². The predicted molar refractivity (Wildman–Crippen MR) is 68.5 cm³/mol. The number of likely N-dealkylation sites (N-methyl/N-ethyl adjacent to an activating group) is 1. The van der Waals surface area contributed by atoms with E-state index < -0.39 is 5.97 Å². The molecule has 0 atom stereocenters. The maximum atomic E-state index is 10.4. The summed E-state index contributed by atoms with van der Waals surface area (Å²) in [6.45, 7) is 4.04. The Kier molecular flexibility index (Phi) is 3.75. The molecule has 92 valence electrons. The van der Waals surface area contributed by atoms with Crippen molar-refractivity contribution >= 4 is 28.5 Å². The first-order chi connectivity index (χ1) is 8.15. The zero-order valence-corrected chi connectivity index (χ0v) is 10.5. The third kappa shape index (κ3) is 3.28. The van der Waals surface area contributed by atoms with Gasteiger partial charge in [0.25, 0.3) is 0 Å². The summed E-state index contributed by atoms with van der Waals surface area (Å²) in [5, 5.41) is 9.52. The fraction of sp³-hybridized carbons (Fsp3) is 0.455. The topological polar surface area (TPSA) is 56.7 Å². The lowest BCUT2D eigenvalue weighted by atomic mass is 10.3. The molecule has 6 heteroatoms. The van der Waals surface area contributed by atoms with Crippen LogP contribution in [0, 0.1) is 0 Å². The van der Waals surface area contributed by atoms with Crippen molar-refractivity contribution in [2.24, 2.45) is 0 Å². The lowest BCUT2D eigenvalue weighted by molar-refractivity contribution is -0.131. The Labute approximate surface area is 104 Å². The average Bonchev–Trinajstić information content (AvgIpc) is 2.76. The van der Waals surface area contributed by atoms with Crippen LogP contribution in [-0.2, 0) is 4.79 Å². The summed E-state index contributed by atoms with van der Waals surface area (Å²) >= 11 is 1.53. The van der Waals surface area contributed by atoms with Gasteiger partial charge in [-0.3, -0.25) is 0 Å². The van der Waals surface area contributed by atoms with Gasteiger partial charge in [-0.1, -0.05) is 11.3 Å². The zero-order chi connectivity index (χ0) is 12.3. The van der Waals surface area contributed by atoms with Gasteiger partial charge in [-0.15, -0.1) is 0 Å². The van der Waals surface area contributed by atoms with Crippen molar-refractivity contribution in [3.05, 3.63) is 17.2 Å². The highest BCUT2D eigenvalue weighted by molar-refractivity contribution is 7.16. The highest BCUT2D eigenvalue weighted by Gasteiger charge is 2.16. The van der Waals surface area contributed by atoms with Gasteiger partial charge in [-0.25, -0.2) is 9.78 Å². The molecule has 0 spiro atoms. The fourth-order valence-corrected chi connectivity index (χ4v) is 2.52. The molecule has 17 heavy (non-hydrogen) atoms. The summed E-state index contributed by atoms with van der Waals surface area (Å²) in [5.74, 6) is -0.931. The summed E-state index contributed by atoms with van der Waals surface area (Å²) in [5.41, 5.74) is 0. The number of carbonyl (C=O) groups is 1. The number of rotatable bonds is 3. The van der Waals surface area contributed by atoms with Crippen LogP contribution in [0.1, 0.15) is 4.88 Å². The van der Waals surface area contributed by atoms with Crippen molar-refractivity contribution in [1.82, 2.24) is 9.88 Å². The Morgan fingerprint density at radius 2 is 2.18 bits per heavy atom. The van der Waals surface area contributed by atoms with E-state index in [1.165, 1.54) is 11.3 Å². The number of nitrogens with zero attached hydrogens (tertiary/aromatic N) is 3. The molecule has 1 aliphatic rings. The van der Waals surface area contributed by atoms with Crippen LogP contribution in [0.5, 0.6) is 0 Å². The molecule has 1 saturated heterocycles. The van der Waals surface area contributed by atoms with E-state index >= 15 is 0 Å². The number of anilines is 1. The molecule has 0 radical (unpaired) electrons. The number of carboxylic acids is 1. The number of hydrogen-bond acceptors (Lipinski definition) is 5. The van der Waals surface area contributed by atoms with Gasteiger partial charge in [0.15, 0.2) is 5.13 Å². The van der Waals surface area contributed by atoms with Crippen molar-refractivity contribution in [1.29, 1.82) is 0 Å². The first-order valence-electron chi connectivity index (χ1n) is 5.45. The molecule has 0 bridgehead atoms. The van der Waals surface area contributed by atoms with Gasteiger partial charge in [0.1, 0.15) is 0 Å². The highest BCUT2D eigenvalue weighted by atomic mass is 32.1. The van der Waals surface area contributed by atoms with Gasteiger partial charge in [-0.05, 0) is 13.1 Å². The molecule has 0 unspecified atom stereocenters. The minimum absolute atomic E-state index is 0.876. The Balaban J connectivity index is 2.00. The molecule has 0 amide bonds. The third-order valence-corrected chi connectivity index (χ3v) is 3.70. The van der Waals surface area contributed by atoms with Gasteiger partial charge >= 0.3 is 5.97 Å².